The van der Waals surface area contributed by atoms with E-state index >= 15 is 0 Å². The van der Waals surface area contributed by atoms with Gasteiger partial charge in [-0.15, -0.1) is 0 Å². The minimum absolute atomic E-state index is 1.15. The van der Waals surface area contributed by atoms with Crippen LogP contribution in [0.3, 0.4) is 0 Å². The van der Waals surface area contributed by atoms with Gasteiger partial charge in [-0.1, -0.05) is 24.3 Å². The molecule has 0 N–H and O–H groups in total. The van der Waals surface area contributed by atoms with E-state index in [4.69, 9.17) is 0 Å². The van der Waals surface area contributed by atoms with Crippen molar-refractivity contribution in [1.82, 2.24) is 0 Å². The van der Waals surface area contributed by atoms with E-state index in [1.165, 1.54) is 25.7 Å². The first-order valence-corrected chi connectivity index (χ1v) is 12.4. The molecule has 0 nitrogen and oxygen atoms in total. The molecule has 32 heavy (non-hydrogen) atoms. The van der Waals surface area contributed by atoms with Gasteiger partial charge in [0.1, 0.15) is 0 Å². The summed E-state index contributed by atoms with van der Waals surface area (Å²) in [4.78, 5) is 0. The summed E-state index contributed by atoms with van der Waals surface area (Å²) in [7, 11) is 0. The van der Waals surface area contributed by atoms with Crippen molar-refractivity contribution in [1.29, 1.82) is 0 Å². The number of hydrogen-bond acceptors (Lipinski definition) is 0. The molecule has 0 aliphatic heterocycles. The van der Waals surface area contributed by atoms with E-state index in [0.29, 0.717) is 0 Å². The second kappa shape index (κ2) is 3.71. The fourth-order valence-electron chi connectivity index (χ4n) is 9.53. The van der Waals surface area contributed by atoms with Gasteiger partial charge in [0, 0.05) is 0 Å². The Bertz CT molecular complexity index is 1950. The maximum atomic E-state index is 2.62. The second-order valence-electron chi connectivity index (χ2n) is 11.4. The molecule has 12 rings (SSSR count). The normalized spacial score (nSPS) is 17.9. The van der Waals surface area contributed by atoms with Crippen molar-refractivity contribution in [2.45, 2.75) is 38.5 Å². The first-order chi connectivity index (χ1) is 15.9. The molecular formula is C32H16. The van der Waals surface area contributed by atoms with Crippen LogP contribution in [-0.2, 0) is 38.5 Å². The van der Waals surface area contributed by atoms with Crippen LogP contribution in [0.2, 0.25) is 0 Å². The van der Waals surface area contributed by atoms with Crippen LogP contribution in [0.5, 0.6) is 0 Å². The Hall–Kier alpha value is -3.38. The third-order valence-electron chi connectivity index (χ3n) is 10.3. The Kier molecular flexibility index (Phi) is 1.61. The third-order valence-corrected chi connectivity index (χ3v) is 10.3. The van der Waals surface area contributed by atoms with E-state index < -0.39 is 0 Å². The van der Waals surface area contributed by atoms with Crippen LogP contribution < -0.4 is 0 Å². The van der Waals surface area contributed by atoms with Crippen LogP contribution in [-0.4, -0.2) is 0 Å². The van der Waals surface area contributed by atoms with Crippen LogP contribution in [0.25, 0.3) is 75.4 Å². The predicted molar refractivity (Wildman–Crippen MR) is 134 cm³/mol. The van der Waals surface area contributed by atoms with Gasteiger partial charge in [0.05, 0.1) is 0 Å². The van der Waals surface area contributed by atoms with Gasteiger partial charge in [-0.2, -0.15) is 0 Å². The summed E-state index contributed by atoms with van der Waals surface area (Å²) in [6.07, 6.45) is 7.16. The molecule has 0 aromatic heterocycles. The molecule has 0 saturated carbocycles. The standard InChI is InChI=1S/C32H16/c1-2-12-6-16-10-18-8-14-4-3-13-7-17-9-15-5-11(1)19-20(12)28-24(16)26(18)30-22(14)21(13)29-25(17)23(15)27(19)31(28)32(29)30/h5-8H,1-4,9-10H2. The van der Waals surface area contributed by atoms with Crippen LogP contribution in [0.1, 0.15) is 44.5 Å². The lowest BCUT2D eigenvalue weighted by Gasteiger charge is -2.17. The number of rotatable bonds is 0. The molecule has 0 amide bonds. The van der Waals surface area contributed by atoms with E-state index in [9.17, 15) is 0 Å². The van der Waals surface area contributed by atoms with Crippen molar-refractivity contribution in [3.8, 4) is 0 Å². The molecule has 0 heteroatoms. The van der Waals surface area contributed by atoms with Crippen LogP contribution in [0, 0.1) is 0 Å². The highest BCUT2D eigenvalue weighted by Crippen LogP contribution is 2.62. The van der Waals surface area contributed by atoms with Crippen molar-refractivity contribution < 1.29 is 0 Å². The van der Waals surface area contributed by atoms with Gasteiger partial charge in [0.25, 0.3) is 0 Å². The molecule has 8 aromatic rings. The van der Waals surface area contributed by atoms with Crippen molar-refractivity contribution in [3.05, 3.63) is 68.8 Å². The molecule has 0 bridgehead atoms. The van der Waals surface area contributed by atoms with Gasteiger partial charge < -0.3 is 0 Å². The first-order valence-electron chi connectivity index (χ1n) is 12.4. The quantitative estimate of drug-likeness (QED) is 0.231. The Morgan fingerprint density at radius 1 is 0.250 bits per heavy atom. The number of aryl methyl sites for hydroxylation is 4. The van der Waals surface area contributed by atoms with E-state index in [1.807, 2.05) is 0 Å². The molecule has 0 heterocycles. The molecule has 0 radical (unpaired) electrons. The van der Waals surface area contributed by atoms with E-state index in [-0.39, 0.29) is 0 Å². The zero-order valence-corrected chi connectivity index (χ0v) is 17.6. The highest BCUT2D eigenvalue weighted by molar-refractivity contribution is 6.56. The fraction of sp³-hybridized carbons (Fsp3) is 0.188. The average Bonchev–Trinajstić information content (AvgIpc) is 3.53. The molecule has 8 aromatic carbocycles. The maximum Gasteiger partial charge on any atom is -0.0000509 e. The summed E-state index contributed by atoms with van der Waals surface area (Å²) >= 11 is 0. The largest absolute Gasteiger partial charge is 0.0542 e. The van der Waals surface area contributed by atoms with E-state index in [0.717, 1.165) is 12.8 Å². The SMILES string of the molecule is c1c2c3c4c(cc5c6c7c(cc8c9c%10c(cc%11c%12c(c1C%11)c3c(c46)c(c%10%12)c97)CC8)C5)CC2. The third kappa shape index (κ3) is 1.02. The van der Waals surface area contributed by atoms with Crippen molar-refractivity contribution in [3.63, 3.8) is 0 Å². The fourth-order valence-corrected chi connectivity index (χ4v) is 9.53. The minimum Gasteiger partial charge on any atom is -0.0542 e. The van der Waals surface area contributed by atoms with Crippen LogP contribution >= 0.6 is 0 Å². The zero-order chi connectivity index (χ0) is 19.8. The Morgan fingerprint density at radius 2 is 0.469 bits per heavy atom. The Morgan fingerprint density at radius 3 is 0.750 bits per heavy atom. The van der Waals surface area contributed by atoms with Gasteiger partial charge in [0.15, 0.2) is 0 Å². The summed E-state index contributed by atoms with van der Waals surface area (Å²) < 4.78 is 0. The van der Waals surface area contributed by atoms with E-state index in [2.05, 4.69) is 24.3 Å². The van der Waals surface area contributed by atoms with Gasteiger partial charge >= 0.3 is 0 Å². The second-order valence-corrected chi connectivity index (χ2v) is 11.4. The van der Waals surface area contributed by atoms with Crippen molar-refractivity contribution in [2.75, 3.05) is 0 Å². The number of benzene rings is 6. The summed E-state index contributed by atoms with van der Waals surface area (Å²) in [6.45, 7) is 0. The predicted octanol–water partition coefficient (Wildman–Crippen LogP) is 7.52. The summed E-state index contributed by atoms with van der Waals surface area (Å²) in [5.41, 5.74) is 13.0. The van der Waals surface area contributed by atoms with Crippen molar-refractivity contribution in [2.24, 2.45) is 0 Å². The Labute approximate surface area is 182 Å². The zero-order valence-electron chi connectivity index (χ0n) is 17.6. The summed E-state index contributed by atoms with van der Waals surface area (Å²) in [5, 5.41) is 23.0. The highest BCUT2D eigenvalue weighted by Gasteiger charge is 2.38. The van der Waals surface area contributed by atoms with Gasteiger partial charge in [0.2, 0.25) is 0 Å². The maximum absolute atomic E-state index is 2.62. The monoisotopic (exact) mass is 400 g/mol. The lowest BCUT2D eigenvalue weighted by molar-refractivity contribution is 0.958. The summed E-state index contributed by atoms with van der Waals surface area (Å²) in [5.74, 6) is 0. The lowest BCUT2D eigenvalue weighted by Crippen LogP contribution is -2.01. The van der Waals surface area contributed by atoms with E-state index in [1.54, 1.807) is 120 Å². The first kappa shape index (κ1) is 13.9. The smallest absolute Gasteiger partial charge is 0.0000509 e. The van der Waals surface area contributed by atoms with Gasteiger partial charge in [-0.05, 0) is 158 Å². The summed E-state index contributed by atoms with van der Waals surface area (Å²) in [6, 6.07) is 10.5. The highest BCUT2D eigenvalue weighted by atomic mass is 14.4. The lowest BCUT2D eigenvalue weighted by atomic mass is 9.86. The minimum atomic E-state index is 1.15. The molecule has 4 aliphatic carbocycles. The molecule has 0 saturated heterocycles. The molecule has 4 aliphatic rings. The Balaban J connectivity index is 1.69. The van der Waals surface area contributed by atoms with Gasteiger partial charge in [-0.3, -0.25) is 0 Å². The number of hydrogen-bond donors (Lipinski definition) is 0. The molecular weight excluding hydrogens is 384 g/mol. The van der Waals surface area contributed by atoms with Gasteiger partial charge in [-0.25, -0.2) is 0 Å². The van der Waals surface area contributed by atoms with Crippen LogP contribution in [0.4, 0.5) is 0 Å². The average molecular weight is 400 g/mol. The molecule has 0 atom stereocenters. The topological polar surface area (TPSA) is 0 Å². The van der Waals surface area contributed by atoms with Crippen LogP contribution in [0.15, 0.2) is 24.3 Å². The molecule has 0 unspecified atom stereocenters. The molecule has 144 valence electrons. The molecule has 0 fully saturated rings. The molecule has 0 spiro atoms. The van der Waals surface area contributed by atoms with Crippen molar-refractivity contribution >= 4 is 75.4 Å².